The average Bonchev–Trinajstić information content (AvgIpc) is 2.81. The van der Waals surface area contributed by atoms with E-state index in [1.165, 1.54) is 0 Å². The summed E-state index contributed by atoms with van der Waals surface area (Å²) in [5.41, 5.74) is 0. The van der Waals surface area contributed by atoms with Gasteiger partial charge in [-0.1, -0.05) is 13.3 Å². The summed E-state index contributed by atoms with van der Waals surface area (Å²) in [6.07, 6.45) is 3.37. The van der Waals surface area contributed by atoms with E-state index < -0.39 is 0 Å². The maximum atomic E-state index is 11.9. The Kier molecular flexibility index (Phi) is 4.18. The number of carbonyl (C=O) groups excluding carboxylic acids is 1. The van der Waals surface area contributed by atoms with Gasteiger partial charge in [-0.25, -0.2) is 0 Å². The molecular formula is C12H22N2O2. The van der Waals surface area contributed by atoms with Gasteiger partial charge in [0.2, 0.25) is 5.91 Å². The van der Waals surface area contributed by atoms with Gasteiger partial charge in [-0.05, 0) is 12.8 Å². The molecule has 1 unspecified atom stereocenters. The first-order chi connectivity index (χ1) is 7.81. The first kappa shape index (κ1) is 11.9. The molecule has 0 N–H and O–H groups in total. The number of ether oxygens (including phenoxy) is 1. The Morgan fingerprint density at radius 2 is 2.31 bits per heavy atom. The van der Waals surface area contributed by atoms with E-state index in [0.29, 0.717) is 18.5 Å². The zero-order chi connectivity index (χ0) is 11.4. The molecule has 0 aromatic carbocycles. The van der Waals surface area contributed by atoms with Crippen LogP contribution in [0.5, 0.6) is 0 Å². The minimum Gasteiger partial charge on any atom is -0.380 e. The number of rotatable bonds is 4. The van der Waals surface area contributed by atoms with Gasteiger partial charge in [0.05, 0.1) is 13.2 Å². The van der Waals surface area contributed by atoms with Crippen LogP contribution in [-0.2, 0) is 9.53 Å². The van der Waals surface area contributed by atoms with Crippen molar-refractivity contribution < 1.29 is 9.53 Å². The van der Waals surface area contributed by atoms with Crippen LogP contribution in [0.2, 0.25) is 0 Å². The van der Waals surface area contributed by atoms with Crippen LogP contribution in [0, 0.1) is 0 Å². The largest absolute Gasteiger partial charge is 0.380 e. The van der Waals surface area contributed by atoms with E-state index in [-0.39, 0.29) is 0 Å². The molecule has 0 aromatic heterocycles. The highest BCUT2D eigenvalue weighted by Crippen LogP contribution is 2.15. The number of amides is 1. The molecule has 92 valence electrons. The monoisotopic (exact) mass is 226 g/mol. The summed E-state index contributed by atoms with van der Waals surface area (Å²) in [6, 6.07) is 0.484. The summed E-state index contributed by atoms with van der Waals surface area (Å²) in [4.78, 5) is 16.2. The maximum absolute atomic E-state index is 11.9. The van der Waals surface area contributed by atoms with Crippen molar-refractivity contribution in [3.8, 4) is 0 Å². The molecule has 1 atom stereocenters. The van der Waals surface area contributed by atoms with E-state index in [9.17, 15) is 4.79 Å². The molecule has 2 aliphatic rings. The minimum absolute atomic E-state index is 0.298. The minimum atomic E-state index is 0.298. The number of piperazine rings is 1. The molecule has 1 amide bonds. The fourth-order valence-electron chi connectivity index (χ4n) is 2.43. The first-order valence-electron chi connectivity index (χ1n) is 6.41. The highest BCUT2D eigenvalue weighted by atomic mass is 16.5. The summed E-state index contributed by atoms with van der Waals surface area (Å²) in [5.74, 6) is 0.298. The molecule has 2 saturated heterocycles. The van der Waals surface area contributed by atoms with Crippen LogP contribution in [0.1, 0.15) is 26.2 Å². The molecule has 0 bridgehead atoms. The molecule has 16 heavy (non-hydrogen) atoms. The van der Waals surface area contributed by atoms with Crippen molar-refractivity contribution in [3.63, 3.8) is 0 Å². The number of hydrogen-bond acceptors (Lipinski definition) is 3. The van der Waals surface area contributed by atoms with Crippen molar-refractivity contribution in [2.24, 2.45) is 0 Å². The van der Waals surface area contributed by atoms with Crippen molar-refractivity contribution in [1.82, 2.24) is 9.80 Å². The van der Waals surface area contributed by atoms with E-state index in [2.05, 4.69) is 11.8 Å². The molecule has 0 spiro atoms. The second-order valence-corrected chi connectivity index (χ2v) is 4.72. The zero-order valence-electron chi connectivity index (χ0n) is 10.2. The van der Waals surface area contributed by atoms with Gasteiger partial charge in [0.1, 0.15) is 0 Å². The van der Waals surface area contributed by atoms with Crippen LogP contribution in [0.25, 0.3) is 0 Å². The standard InChI is InChI=1S/C12H22N2O2/c1-2-3-5-13-6-7-14(9-12(13)15)11-4-8-16-10-11/h11H,2-10H2,1H3. The average molecular weight is 226 g/mol. The summed E-state index contributed by atoms with van der Waals surface area (Å²) in [7, 11) is 0. The van der Waals surface area contributed by atoms with Gasteiger partial charge in [-0.3, -0.25) is 9.69 Å². The van der Waals surface area contributed by atoms with E-state index in [1.54, 1.807) is 0 Å². The fourth-order valence-corrected chi connectivity index (χ4v) is 2.43. The van der Waals surface area contributed by atoms with Gasteiger partial charge in [-0.15, -0.1) is 0 Å². The lowest BCUT2D eigenvalue weighted by atomic mass is 10.2. The van der Waals surface area contributed by atoms with Crippen LogP contribution in [0.15, 0.2) is 0 Å². The zero-order valence-corrected chi connectivity index (χ0v) is 10.2. The van der Waals surface area contributed by atoms with Crippen molar-refractivity contribution in [1.29, 1.82) is 0 Å². The predicted molar refractivity (Wildman–Crippen MR) is 62.3 cm³/mol. The smallest absolute Gasteiger partial charge is 0.236 e. The molecule has 2 aliphatic heterocycles. The highest BCUT2D eigenvalue weighted by molar-refractivity contribution is 5.79. The molecule has 4 nitrogen and oxygen atoms in total. The number of unbranched alkanes of at least 4 members (excludes halogenated alkanes) is 1. The van der Waals surface area contributed by atoms with Crippen molar-refractivity contribution in [2.75, 3.05) is 39.4 Å². The topological polar surface area (TPSA) is 32.8 Å². The van der Waals surface area contributed by atoms with Crippen molar-refractivity contribution in [3.05, 3.63) is 0 Å². The van der Waals surface area contributed by atoms with Gasteiger partial charge >= 0.3 is 0 Å². The molecular weight excluding hydrogens is 204 g/mol. The van der Waals surface area contributed by atoms with Crippen molar-refractivity contribution in [2.45, 2.75) is 32.2 Å². The summed E-state index contributed by atoms with van der Waals surface area (Å²) in [6.45, 7) is 7.27. The second kappa shape index (κ2) is 5.64. The van der Waals surface area contributed by atoms with Gasteiger partial charge in [0.25, 0.3) is 0 Å². The Morgan fingerprint density at radius 1 is 1.44 bits per heavy atom. The molecule has 0 saturated carbocycles. The van der Waals surface area contributed by atoms with E-state index in [1.807, 2.05) is 4.90 Å². The van der Waals surface area contributed by atoms with Crippen LogP contribution in [-0.4, -0.2) is 61.1 Å². The summed E-state index contributed by atoms with van der Waals surface area (Å²) in [5, 5.41) is 0. The SMILES string of the molecule is CCCCN1CCN(C2CCOC2)CC1=O. The lowest BCUT2D eigenvalue weighted by molar-refractivity contribution is -0.137. The Balaban J connectivity index is 1.79. The number of carbonyl (C=O) groups is 1. The van der Waals surface area contributed by atoms with E-state index in [4.69, 9.17) is 4.74 Å². The third kappa shape index (κ3) is 2.74. The third-order valence-corrected chi connectivity index (χ3v) is 3.55. The van der Waals surface area contributed by atoms with Gasteiger partial charge in [0, 0.05) is 32.3 Å². The van der Waals surface area contributed by atoms with E-state index in [0.717, 1.165) is 52.1 Å². The fraction of sp³-hybridized carbons (Fsp3) is 0.917. The second-order valence-electron chi connectivity index (χ2n) is 4.72. The molecule has 0 radical (unpaired) electrons. The van der Waals surface area contributed by atoms with Gasteiger partial charge < -0.3 is 9.64 Å². The molecule has 2 heterocycles. The van der Waals surface area contributed by atoms with Crippen LogP contribution >= 0.6 is 0 Å². The number of hydrogen-bond donors (Lipinski definition) is 0. The van der Waals surface area contributed by atoms with Gasteiger partial charge in [0.15, 0.2) is 0 Å². The quantitative estimate of drug-likeness (QED) is 0.708. The van der Waals surface area contributed by atoms with Crippen LogP contribution in [0.4, 0.5) is 0 Å². The molecule has 0 aromatic rings. The van der Waals surface area contributed by atoms with Crippen LogP contribution < -0.4 is 0 Å². The Labute approximate surface area is 97.5 Å². The third-order valence-electron chi connectivity index (χ3n) is 3.55. The molecule has 2 fully saturated rings. The normalized spacial score (nSPS) is 27.7. The Hall–Kier alpha value is -0.610. The summed E-state index contributed by atoms with van der Waals surface area (Å²) < 4.78 is 5.37. The lowest BCUT2D eigenvalue weighted by Gasteiger charge is -2.37. The maximum Gasteiger partial charge on any atom is 0.236 e. The molecule has 0 aliphatic carbocycles. The Bertz CT molecular complexity index is 239. The Morgan fingerprint density at radius 3 is 2.94 bits per heavy atom. The van der Waals surface area contributed by atoms with Crippen LogP contribution in [0.3, 0.4) is 0 Å². The lowest BCUT2D eigenvalue weighted by Crippen LogP contribution is -2.53. The molecule has 2 rings (SSSR count). The number of nitrogens with zero attached hydrogens (tertiary/aromatic N) is 2. The molecule has 4 heteroatoms. The van der Waals surface area contributed by atoms with Gasteiger partial charge in [-0.2, -0.15) is 0 Å². The van der Waals surface area contributed by atoms with E-state index >= 15 is 0 Å². The predicted octanol–water partition coefficient (Wildman–Crippen LogP) is 0.720. The first-order valence-corrected chi connectivity index (χ1v) is 6.41. The summed E-state index contributed by atoms with van der Waals surface area (Å²) >= 11 is 0. The van der Waals surface area contributed by atoms with Crippen molar-refractivity contribution >= 4 is 5.91 Å². The highest BCUT2D eigenvalue weighted by Gasteiger charge is 2.30.